The van der Waals surface area contributed by atoms with E-state index in [9.17, 15) is 14.2 Å². The highest BCUT2D eigenvalue weighted by molar-refractivity contribution is 7.23. The Morgan fingerprint density at radius 3 is 1.42 bits per heavy atom. The molecule has 0 heterocycles. The van der Waals surface area contributed by atoms with Crippen LogP contribution in [0.2, 0.25) is 20.1 Å². The van der Waals surface area contributed by atoms with Gasteiger partial charge in [-0.25, -0.2) is 0 Å². The molecular weight excluding hydrogens is 413 g/mol. The van der Waals surface area contributed by atoms with Gasteiger partial charge in [-0.1, -0.05) is 58.5 Å². The number of carbonyl (C=O) groups is 2. The predicted molar refractivity (Wildman–Crippen MR) is 97.5 cm³/mol. The van der Waals surface area contributed by atoms with Crippen molar-refractivity contribution in [2.24, 2.45) is 5.92 Å². The van der Waals surface area contributed by atoms with E-state index in [1.807, 2.05) is 0 Å². The van der Waals surface area contributed by atoms with Gasteiger partial charge in [0.05, 0.1) is 37.1 Å². The number of Topliss-reactive ketones (excluding diaryl/α,β-unsaturated/α-hetero) is 2. The Balaban J connectivity index is 2.52. The van der Waals surface area contributed by atoms with Crippen molar-refractivity contribution in [1.82, 2.24) is 0 Å². The van der Waals surface area contributed by atoms with E-state index in [0.717, 1.165) is 0 Å². The second-order valence-electron chi connectivity index (χ2n) is 4.79. The van der Waals surface area contributed by atoms with E-state index < -0.39 is 17.5 Å². The van der Waals surface area contributed by atoms with E-state index in [2.05, 4.69) is 0 Å². The fourth-order valence-corrected chi connectivity index (χ4v) is 3.82. The molecule has 2 aromatic carbocycles. The lowest BCUT2D eigenvalue weighted by atomic mass is 9.91. The topological polar surface area (TPSA) is 51.2 Å². The molecule has 2 rings (SSSR count). The zero-order chi connectivity index (χ0) is 17.9. The third-order valence-electron chi connectivity index (χ3n) is 3.31. The number of hydrogen-bond donors (Lipinski definition) is 0. The fourth-order valence-electron chi connectivity index (χ4n) is 2.17. The number of hydrogen-bond acceptors (Lipinski definition) is 3. The molecule has 8 heteroatoms. The molecule has 0 aliphatic carbocycles. The Morgan fingerprint density at radius 1 is 0.792 bits per heavy atom. The number of halogens is 4. The zero-order valence-electron chi connectivity index (χ0n) is 11.9. The monoisotopic (exact) mass is 420 g/mol. The highest BCUT2D eigenvalue weighted by Gasteiger charge is 2.33. The second kappa shape index (κ2) is 8.42. The maximum absolute atomic E-state index is 12.8. The van der Waals surface area contributed by atoms with Gasteiger partial charge in [0, 0.05) is 6.16 Å². The van der Waals surface area contributed by atoms with Crippen molar-refractivity contribution in [1.29, 1.82) is 0 Å². The van der Waals surface area contributed by atoms with Gasteiger partial charge in [0.25, 0.3) is 0 Å². The molecule has 0 amide bonds. The molecule has 0 N–H and O–H groups in total. The summed E-state index contributed by atoms with van der Waals surface area (Å²) in [5, 5.41) is 0.437. The normalized spacial score (nSPS) is 11.0. The molecule has 2 aromatic rings. The van der Waals surface area contributed by atoms with Crippen LogP contribution in [0.5, 0.6) is 0 Å². The highest BCUT2D eigenvalue weighted by Crippen LogP contribution is 2.32. The van der Waals surface area contributed by atoms with Crippen LogP contribution in [0.4, 0.5) is 0 Å². The highest BCUT2D eigenvalue weighted by atomic mass is 35.5. The van der Waals surface area contributed by atoms with Gasteiger partial charge in [0.15, 0.2) is 20.0 Å². The van der Waals surface area contributed by atoms with Gasteiger partial charge >= 0.3 is 0 Å². The fraction of sp³-hybridized carbons (Fsp3) is 0.125. The molecule has 0 spiro atoms. The lowest BCUT2D eigenvalue weighted by molar-refractivity contribution is 0.0824. The Bertz CT molecular complexity index is 719. The second-order valence-corrected chi connectivity index (χ2v) is 7.04. The van der Waals surface area contributed by atoms with Crippen LogP contribution in [0.1, 0.15) is 20.7 Å². The van der Waals surface area contributed by atoms with Crippen molar-refractivity contribution in [3.05, 3.63) is 67.6 Å². The van der Waals surface area contributed by atoms with E-state index in [-0.39, 0.29) is 45.8 Å². The molecule has 0 saturated carbocycles. The molecule has 0 bridgehead atoms. The van der Waals surface area contributed by atoms with E-state index >= 15 is 0 Å². The lowest BCUT2D eigenvalue weighted by Crippen LogP contribution is -2.27. The average molecular weight is 422 g/mol. The molecule has 0 unspecified atom stereocenters. The predicted octanol–water partition coefficient (Wildman–Crippen LogP) is 6.27. The summed E-state index contributed by atoms with van der Waals surface area (Å²) in [6.45, 7) is 0. The molecule has 0 aliphatic heterocycles. The van der Waals surface area contributed by atoms with Crippen molar-refractivity contribution >= 4 is 66.4 Å². The Morgan fingerprint density at radius 2 is 1.12 bits per heavy atom. The lowest BCUT2D eigenvalue weighted by Gasteiger charge is -2.15. The smallest absolute Gasteiger partial charge is 0.177 e. The third kappa shape index (κ3) is 3.99. The maximum atomic E-state index is 12.8. The first-order valence-electron chi connectivity index (χ1n) is 6.64. The van der Waals surface area contributed by atoms with E-state index in [4.69, 9.17) is 46.4 Å². The first-order valence-corrected chi connectivity index (χ1v) is 9.15. The van der Waals surface area contributed by atoms with Crippen molar-refractivity contribution in [3.63, 3.8) is 0 Å². The first kappa shape index (κ1) is 19.4. The maximum Gasteiger partial charge on any atom is 0.177 e. The van der Waals surface area contributed by atoms with Gasteiger partial charge in [0.2, 0.25) is 0 Å². The molecule has 0 aliphatic rings. The van der Waals surface area contributed by atoms with Crippen LogP contribution in [0.3, 0.4) is 0 Å². The molecule has 0 radical (unpaired) electrons. The van der Waals surface area contributed by atoms with Crippen molar-refractivity contribution < 1.29 is 14.2 Å². The van der Waals surface area contributed by atoms with Crippen molar-refractivity contribution in [2.45, 2.75) is 0 Å². The summed E-state index contributed by atoms with van der Waals surface area (Å²) in [4.78, 5) is 25.6. The number of ketones is 2. The zero-order valence-corrected chi connectivity index (χ0v) is 15.9. The number of carbonyl (C=O) groups excluding carboxylic acids is 2. The minimum atomic E-state index is -1.26. The molecule has 0 atom stereocenters. The van der Waals surface area contributed by atoms with Crippen LogP contribution >= 0.6 is 54.9 Å². The van der Waals surface area contributed by atoms with Gasteiger partial charge in [0.1, 0.15) is 0 Å². The summed E-state index contributed by atoms with van der Waals surface area (Å²) in [7, 11) is -0.374. The molecular formula is C16H9Cl4O3P. The van der Waals surface area contributed by atoms with Crippen LogP contribution in [-0.2, 0) is 4.57 Å². The van der Waals surface area contributed by atoms with Gasteiger partial charge < -0.3 is 0 Å². The Hall–Kier alpha value is -0.960. The molecule has 3 nitrogen and oxygen atoms in total. The van der Waals surface area contributed by atoms with Crippen LogP contribution < -0.4 is 0 Å². The van der Waals surface area contributed by atoms with Gasteiger partial charge in [-0.3, -0.25) is 14.2 Å². The van der Waals surface area contributed by atoms with Gasteiger partial charge in [-0.05, 0) is 24.3 Å². The van der Waals surface area contributed by atoms with Crippen LogP contribution in [0, 0.1) is 5.92 Å². The van der Waals surface area contributed by atoms with E-state index in [1.54, 1.807) is 12.1 Å². The Labute approximate surface area is 160 Å². The number of benzene rings is 2. The standard InChI is InChI=1S/C16H9Cl4O3P/c17-9-3-1-4-10(18)13(9)15(21)8(7-24-23)16(22)14-11(19)5-2-6-12(14)20/h1-6,8H,7H2. The molecule has 24 heavy (non-hydrogen) atoms. The van der Waals surface area contributed by atoms with E-state index in [1.165, 1.54) is 24.3 Å². The number of rotatable bonds is 6. The molecule has 0 aromatic heterocycles. The quantitative estimate of drug-likeness (QED) is 0.313. The molecule has 0 fully saturated rings. The molecule has 0 saturated heterocycles. The van der Waals surface area contributed by atoms with Crippen molar-refractivity contribution in [3.8, 4) is 0 Å². The summed E-state index contributed by atoms with van der Waals surface area (Å²) in [5.74, 6) is -2.52. The van der Waals surface area contributed by atoms with Gasteiger partial charge in [-0.2, -0.15) is 0 Å². The van der Waals surface area contributed by atoms with Crippen LogP contribution in [-0.4, -0.2) is 17.7 Å². The first-order chi connectivity index (χ1) is 11.4. The molecule has 124 valence electrons. The summed E-state index contributed by atoms with van der Waals surface area (Å²) in [6, 6.07) is 9.10. The van der Waals surface area contributed by atoms with Crippen LogP contribution in [0.15, 0.2) is 36.4 Å². The average Bonchev–Trinajstić information content (AvgIpc) is 2.51. The SMILES string of the molecule is O=PCC(C(=O)c1c(Cl)cccc1Cl)C(=O)c1c(Cl)cccc1Cl. The van der Waals surface area contributed by atoms with Gasteiger partial charge in [-0.15, -0.1) is 0 Å². The Kier molecular flexibility index (Phi) is 6.79. The largest absolute Gasteiger partial charge is 0.293 e. The summed E-state index contributed by atoms with van der Waals surface area (Å²) < 4.78 is 11.1. The summed E-state index contributed by atoms with van der Waals surface area (Å²) >= 11 is 24.1. The minimum Gasteiger partial charge on any atom is -0.293 e. The third-order valence-corrected chi connectivity index (χ3v) is 5.08. The summed E-state index contributed by atoms with van der Waals surface area (Å²) in [5.41, 5.74) is 0.0111. The summed E-state index contributed by atoms with van der Waals surface area (Å²) in [6.07, 6.45) is -0.235. The minimum absolute atomic E-state index is 0.00556. The van der Waals surface area contributed by atoms with Crippen molar-refractivity contribution in [2.75, 3.05) is 6.16 Å². The van der Waals surface area contributed by atoms with E-state index in [0.29, 0.717) is 0 Å². The van der Waals surface area contributed by atoms with Crippen LogP contribution in [0.25, 0.3) is 0 Å².